The van der Waals surface area contributed by atoms with Crippen LogP contribution in [0.3, 0.4) is 0 Å². The van der Waals surface area contributed by atoms with Gasteiger partial charge in [-0.2, -0.15) is 5.10 Å². The number of hydrogen-bond donors (Lipinski definition) is 1. The van der Waals surface area contributed by atoms with E-state index in [0.717, 1.165) is 28.1 Å². The second-order valence-electron chi connectivity index (χ2n) is 7.10. The molecule has 0 bridgehead atoms. The molecule has 0 aliphatic carbocycles. The normalized spacial score (nSPS) is 11.4. The van der Waals surface area contributed by atoms with E-state index >= 15 is 0 Å². The number of nitrogens with one attached hydrogen (secondary N) is 1. The van der Waals surface area contributed by atoms with E-state index in [-0.39, 0.29) is 0 Å². The first kappa shape index (κ1) is 21.8. The van der Waals surface area contributed by atoms with Crippen molar-refractivity contribution in [2.24, 2.45) is 15.3 Å². The van der Waals surface area contributed by atoms with Gasteiger partial charge >= 0.3 is 0 Å². The molecule has 6 heteroatoms. The zero-order valence-corrected chi connectivity index (χ0v) is 18.5. The molecule has 0 saturated heterocycles. The van der Waals surface area contributed by atoms with E-state index in [1.54, 1.807) is 14.2 Å². The van der Waals surface area contributed by atoms with Crippen molar-refractivity contribution >= 4 is 17.2 Å². The van der Waals surface area contributed by atoms with Crippen molar-refractivity contribution in [1.29, 1.82) is 0 Å². The Morgan fingerprint density at radius 3 is 2.15 bits per heavy atom. The van der Waals surface area contributed by atoms with Crippen LogP contribution in [0.2, 0.25) is 0 Å². The van der Waals surface area contributed by atoms with Crippen molar-refractivity contribution < 1.29 is 9.47 Å². The molecule has 6 nitrogen and oxygen atoms in total. The lowest BCUT2D eigenvalue weighted by molar-refractivity contribution is 0.414. The molecular formula is C27H24N4O2. The van der Waals surface area contributed by atoms with E-state index in [4.69, 9.17) is 9.47 Å². The highest BCUT2D eigenvalue weighted by molar-refractivity contribution is 5.99. The molecule has 0 spiro atoms. The maximum atomic E-state index is 5.59. The van der Waals surface area contributed by atoms with Crippen LogP contribution < -0.4 is 14.9 Å². The molecule has 4 rings (SSSR count). The van der Waals surface area contributed by atoms with Crippen LogP contribution in [0.15, 0.2) is 118 Å². The molecule has 0 fully saturated rings. The predicted octanol–water partition coefficient (Wildman–Crippen LogP) is 6.93. The van der Waals surface area contributed by atoms with E-state index < -0.39 is 0 Å². The maximum Gasteiger partial charge on any atom is 0.201 e. The summed E-state index contributed by atoms with van der Waals surface area (Å²) in [6.45, 7) is 0. The van der Waals surface area contributed by atoms with E-state index in [1.165, 1.54) is 0 Å². The maximum absolute atomic E-state index is 5.59. The standard InChI is InChI=1S/C27H24N4O2/c1-32-24-15-9-12-21(18-24)22-16-17-25(26(19-22)33-2)29-31-27(20-10-5-3-6-11-20)30-28-23-13-7-4-8-14-23/h3-19,28H,1-2H3. The average Bonchev–Trinajstić information content (AvgIpc) is 2.90. The SMILES string of the molecule is COc1cccc(-c2ccc(N=NC(=NNc3ccccc3)c3ccccc3)c(OC)c2)c1. The number of hydrogen-bond acceptors (Lipinski definition) is 5. The zero-order chi connectivity index (χ0) is 22.9. The number of amidine groups is 1. The van der Waals surface area contributed by atoms with Gasteiger partial charge in [-0.25, -0.2) is 0 Å². The molecule has 0 saturated carbocycles. The Hall–Kier alpha value is -4.45. The number of hydrazone groups is 1. The van der Waals surface area contributed by atoms with Gasteiger partial charge in [-0.3, -0.25) is 5.43 Å². The first-order valence-electron chi connectivity index (χ1n) is 10.4. The minimum atomic E-state index is 0.457. The second-order valence-corrected chi connectivity index (χ2v) is 7.10. The van der Waals surface area contributed by atoms with Gasteiger partial charge in [-0.05, 0) is 47.5 Å². The number of anilines is 1. The molecule has 1 N–H and O–H groups in total. The Morgan fingerprint density at radius 1 is 0.697 bits per heavy atom. The van der Waals surface area contributed by atoms with Crippen molar-refractivity contribution in [2.75, 3.05) is 19.6 Å². The summed E-state index contributed by atoms with van der Waals surface area (Å²) in [5, 5.41) is 13.3. The van der Waals surface area contributed by atoms with Crippen molar-refractivity contribution in [2.45, 2.75) is 0 Å². The molecule has 0 heterocycles. The van der Waals surface area contributed by atoms with Gasteiger partial charge in [0.2, 0.25) is 5.84 Å². The van der Waals surface area contributed by atoms with Gasteiger partial charge in [0.25, 0.3) is 0 Å². The van der Waals surface area contributed by atoms with Gasteiger partial charge in [0.1, 0.15) is 17.2 Å². The fourth-order valence-electron chi connectivity index (χ4n) is 3.21. The minimum Gasteiger partial charge on any atom is -0.497 e. The lowest BCUT2D eigenvalue weighted by Crippen LogP contribution is -2.01. The summed E-state index contributed by atoms with van der Waals surface area (Å²) < 4.78 is 10.9. The van der Waals surface area contributed by atoms with Crippen molar-refractivity contribution in [3.63, 3.8) is 0 Å². The molecule has 0 atom stereocenters. The molecule has 0 radical (unpaired) electrons. The Bertz CT molecular complexity index is 1260. The van der Waals surface area contributed by atoms with Crippen LogP contribution in [-0.2, 0) is 0 Å². The lowest BCUT2D eigenvalue weighted by atomic mass is 10.0. The zero-order valence-electron chi connectivity index (χ0n) is 18.5. The summed E-state index contributed by atoms with van der Waals surface area (Å²) >= 11 is 0. The Morgan fingerprint density at radius 2 is 1.42 bits per heavy atom. The van der Waals surface area contributed by atoms with E-state index in [2.05, 4.69) is 20.8 Å². The fourth-order valence-corrected chi connectivity index (χ4v) is 3.21. The Balaban J connectivity index is 1.64. The Kier molecular flexibility index (Phi) is 7.08. The van der Waals surface area contributed by atoms with Crippen molar-refractivity contribution in [3.8, 4) is 22.6 Å². The number of benzene rings is 4. The summed E-state index contributed by atoms with van der Waals surface area (Å²) in [6.07, 6.45) is 0. The quantitative estimate of drug-likeness (QED) is 0.148. The third-order valence-electron chi connectivity index (χ3n) is 4.93. The topological polar surface area (TPSA) is 67.6 Å². The fraction of sp³-hybridized carbons (Fsp3) is 0.0741. The van der Waals surface area contributed by atoms with Crippen molar-refractivity contribution in [1.82, 2.24) is 0 Å². The highest BCUT2D eigenvalue weighted by Crippen LogP contribution is 2.34. The molecule has 33 heavy (non-hydrogen) atoms. The first-order valence-corrected chi connectivity index (χ1v) is 10.4. The van der Waals surface area contributed by atoms with E-state index in [9.17, 15) is 0 Å². The van der Waals surface area contributed by atoms with Crippen LogP contribution in [0, 0.1) is 0 Å². The average molecular weight is 437 g/mol. The van der Waals surface area contributed by atoms with Crippen LogP contribution in [0.5, 0.6) is 11.5 Å². The number of ether oxygens (including phenoxy) is 2. The second kappa shape index (κ2) is 10.7. The van der Waals surface area contributed by atoms with Gasteiger partial charge in [0, 0.05) is 5.56 Å². The summed E-state index contributed by atoms with van der Waals surface area (Å²) in [7, 11) is 3.27. The largest absolute Gasteiger partial charge is 0.497 e. The number of nitrogens with zero attached hydrogens (tertiary/aromatic N) is 3. The van der Waals surface area contributed by atoms with Gasteiger partial charge < -0.3 is 9.47 Å². The summed E-state index contributed by atoms with van der Waals surface area (Å²) in [4.78, 5) is 0. The van der Waals surface area contributed by atoms with Crippen LogP contribution in [0.25, 0.3) is 11.1 Å². The molecular weight excluding hydrogens is 412 g/mol. The summed E-state index contributed by atoms with van der Waals surface area (Å²) in [5.74, 6) is 1.87. The summed E-state index contributed by atoms with van der Waals surface area (Å²) in [6, 6.07) is 33.1. The molecule has 0 unspecified atom stereocenters. The Labute approximate surface area is 193 Å². The monoisotopic (exact) mass is 436 g/mol. The van der Waals surface area contributed by atoms with Crippen LogP contribution >= 0.6 is 0 Å². The van der Waals surface area contributed by atoms with Crippen LogP contribution in [0.4, 0.5) is 11.4 Å². The lowest BCUT2D eigenvalue weighted by Gasteiger charge is -2.09. The van der Waals surface area contributed by atoms with Crippen molar-refractivity contribution in [3.05, 3.63) is 109 Å². The van der Waals surface area contributed by atoms with Gasteiger partial charge in [-0.1, -0.05) is 66.7 Å². The molecule has 4 aromatic rings. The molecule has 0 aliphatic rings. The third-order valence-corrected chi connectivity index (χ3v) is 4.93. The van der Waals surface area contributed by atoms with Gasteiger partial charge in [-0.15, -0.1) is 10.2 Å². The predicted molar refractivity (Wildman–Crippen MR) is 133 cm³/mol. The van der Waals surface area contributed by atoms with E-state index in [0.29, 0.717) is 17.3 Å². The third kappa shape index (κ3) is 5.62. The van der Waals surface area contributed by atoms with Crippen LogP contribution in [-0.4, -0.2) is 20.1 Å². The number of para-hydroxylation sites is 1. The highest BCUT2D eigenvalue weighted by atomic mass is 16.5. The molecule has 0 aromatic heterocycles. The highest BCUT2D eigenvalue weighted by Gasteiger charge is 2.08. The first-order chi connectivity index (χ1) is 16.3. The van der Waals surface area contributed by atoms with Gasteiger partial charge in [0.05, 0.1) is 19.9 Å². The number of rotatable bonds is 7. The van der Waals surface area contributed by atoms with Gasteiger partial charge in [0.15, 0.2) is 0 Å². The molecule has 0 aliphatic heterocycles. The number of azo groups is 1. The number of methoxy groups -OCH3 is 2. The van der Waals surface area contributed by atoms with Crippen LogP contribution in [0.1, 0.15) is 5.56 Å². The van der Waals surface area contributed by atoms with E-state index in [1.807, 2.05) is 103 Å². The molecule has 0 amide bonds. The summed E-state index contributed by atoms with van der Waals surface area (Å²) in [5.41, 5.74) is 7.37. The molecule has 4 aromatic carbocycles. The minimum absolute atomic E-state index is 0.457. The molecule has 164 valence electrons. The smallest absolute Gasteiger partial charge is 0.201 e.